The molecule has 2 heterocycles. The highest BCUT2D eigenvalue weighted by Crippen LogP contribution is 2.34. The number of aromatic nitrogens is 2. The van der Waals surface area contributed by atoms with E-state index in [9.17, 15) is 9.90 Å². The van der Waals surface area contributed by atoms with E-state index in [4.69, 9.17) is 16.3 Å². The average Bonchev–Trinajstić information content (AvgIpc) is 3.06. The van der Waals surface area contributed by atoms with Crippen LogP contribution in [-0.2, 0) is 11.3 Å². The largest absolute Gasteiger partial charge is 0.389 e. The Hall–Kier alpha value is -1.77. The number of halogens is 1. The Kier molecular flexibility index (Phi) is 6.85. The maximum atomic E-state index is 12.8. The van der Waals surface area contributed by atoms with Gasteiger partial charge >= 0.3 is 0 Å². The Morgan fingerprint density at radius 3 is 2.75 bits per heavy atom. The minimum atomic E-state index is -0.601. The van der Waals surface area contributed by atoms with Crippen LogP contribution in [0.25, 0.3) is 21.3 Å². The van der Waals surface area contributed by atoms with E-state index < -0.39 is 6.10 Å². The van der Waals surface area contributed by atoms with Crippen molar-refractivity contribution in [2.75, 3.05) is 20.3 Å². The molecule has 0 spiro atoms. The highest BCUT2D eigenvalue weighted by molar-refractivity contribution is 7.17. The van der Waals surface area contributed by atoms with Gasteiger partial charge in [0.15, 0.2) is 0 Å². The van der Waals surface area contributed by atoms with E-state index in [1.54, 1.807) is 7.11 Å². The number of aliphatic hydroxyl groups excluding tert-OH is 1. The van der Waals surface area contributed by atoms with Gasteiger partial charge in [-0.2, -0.15) is 0 Å². The number of aromatic amines is 1. The lowest BCUT2D eigenvalue weighted by Gasteiger charge is -2.27. The monoisotopic (exact) mass is 421 g/mol. The summed E-state index contributed by atoms with van der Waals surface area (Å²) >= 11 is 7.73. The number of nitrogens with zero attached hydrogens (tertiary/aromatic N) is 2. The molecule has 8 heteroatoms. The zero-order valence-corrected chi connectivity index (χ0v) is 17.7. The lowest BCUT2D eigenvalue weighted by Crippen LogP contribution is -2.39. The number of nitrogens with one attached hydrogen (secondary N) is 1. The van der Waals surface area contributed by atoms with Crippen LogP contribution in [0.4, 0.5) is 0 Å². The number of methoxy groups -OCH3 is 1. The van der Waals surface area contributed by atoms with Crippen LogP contribution in [0.15, 0.2) is 34.4 Å². The van der Waals surface area contributed by atoms with Crippen LogP contribution < -0.4 is 5.56 Å². The van der Waals surface area contributed by atoms with Crippen molar-refractivity contribution in [2.24, 2.45) is 0 Å². The van der Waals surface area contributed by atoms with Gasteiger partial charge in [-0.15, -0.1) is 11.3 Å². The summed E-state index contributed by atoms with van der Waals surface area (Å²) in [6.45, 7) is 5.21. The third-order valence-corrected chi connectivity index (χ3v) is 5.75. The summed E-state index contributed by atoms with van der Waals surface area (Å²) in [5.74, 6) is 0.573. The van der Waals surface area contributed by atoms with E-state index in [0.29, 0.717) is 34.2 Å². The van der Waals surface area contributed by atoms with E-state index in [1.807, 2.05) is 43.5 Å². The van der Waals surface area contributed by atoms with Gasteiger partial charge < -0.3 is 14.8 Å². The summed E-state index contributed by atoms with van der Waals surface area (Å²) in [6.07, 6.45) is -0.601. The minimum Gasteiger partial charge on any atom is -0.389 e. The zero-order chi connectivity index (χ0) is 20.3. The molecule has 0 saturated heterocycles. The van der Waals surface area contributed by atoms with Gasteiger partial charge in [0.1, 0.15) is 10.7 Å². The fourth-order valence-corrected chi connectivity index (χ4v) is 4.31. The Balaban J connectivity index is 1.92. The van der Waals surface area contributed by atoms with Crippen LogP contribution in [0, 0.1) is 0 Å². The molecule has 3 aromatic rings. The number of hydrogen-bond donors (Lipinski definition) is 2. The van der Waals surface area contributed by atoms with E-state index in [-0.39, 0.29) is 18.2 Å². The molecule has 3 rings (SSSR count). The van der Waals surface area contributed by atoms with Crippen molar-refractivity contribution in [3.05, 3.63) is 50.8 Å². The van der Waals surface area contributed by atoms with Gasteiger partial charge in [-0.1, -0.05) is 29.8 Å². The van der Waals surface area contributed by atoms with Gasteiger partial charge in [-0.25, -0.2) is 4.98 Å². The number of ether oxygens (including phenoxy) is 1. The number of aliphatic hydroxyl groups is 1. The molecule has 0 aliphatic carbocycles. The lowest BCUT2D eigenvalue weighted by atomic mass is 10.1. The maximum absolute atomic E-state index is 12.8. The van der Waals surface area contributed by atoms with Gasteiger partial charge in [-0.05, 0) is 19.9 Å². The highest BCUT2D eigenvalue weighted by atomic mass is 35.5. The molecule has 2 N–H and O–H groups in total. The van der Waals surface area contributed by atoms with Crippen LogP contribution >= 0.6 is 22.9 Å². The SMILES string of the molecule is COCC(O)CN(Cc1nc2scc(-c3ccccc3Cl)c2c(=O)[nH]1)C(C)C. The second-order valence-corrected chi connectivity index (χ2v) is 8.22. The quantitative estimate of drug-likeness (QED) is 0.581. The normalized spacial score (nSPS) is 13.0. The predicted molar refractivity (Wildman–Crippen MR) is 114 cm³/mol. The summed E-state index contributed by atoms with van der Waals surface area (Å²) in [4.78, 5) is 23.1. The second-order valence-electron chi connectivity index (χ2n) is 6.95. The van der Waals surface area contributed by atoms with Gasteiger partial charge in [-0.3, -0.25) is 9.69 Å². The molecule has 1 unspecified atom stereocenters. The number of hydrogen-bond acceptors (Lipinski definition) is 6. The molecule has 0 saturated carbocycles. The second kappa shape index (κ2) is 9.15. The fourth-order valence-electron chi connectivity index (χ4n) is 3.11. The molecule has 0 aliphatic rings. The molecule has 0 aliphatic heterocycles. The van der Waals surface area contributed by atoms with Crippen molar-refractivity contribution in [3.63, 3.8) is 0 Å². The molecule has 0 amide bonds. The molecule has 6 nitrogen and oxygen atoms in total. The van der Waals surface area contributed by atoms with Gasteiger partial charge in [0.25, 0.3) is 5.56 Å². The maximum Gasteiger partial charge on any atom is 0.260 e. The first-order valence-electron chi connectivity index (χ1n) is 9.07. The molecule has 0 radical (unpaired) electrons. The lowest BCUT2D eigenvalue weighted by molar-refractivity contribution is 0.0272. The average molecular weight is 422 g/mol. The van der Waals surface area contributed by atoms with Crippen molar-refractivity contribution < 1.29 is 9.84 Å². The number of fused-ring (bicyclic) bond motifs is 1. The van der Waals surface area contributed by atoms with Gasteiger partial charge in [0.05, 0.1) is 24.6 Å². The Morgan fingerprint density at radius 2 is 2.07 bits per heavy atom. The van der Waals surface area contributed by atoms with Crippen LogP contribution in [0.5, 0.6) is 0 Å². The molecular formula is C20H24ClN3O3S. The highest BCUT2D eigenvalue weighted by Gasteiger charge is 2.19. The van der Waals surface area contributed by atoms with Crippen molar-refractivity contribution in [2.45, 2.75) is 32.5 Å². The molecule has 1 aromatic carbocycles. The Bertz CT molecular complexity index is 1000. The summed E-state index contributed by atoms with van der Waals surface area (Å²) in [5, 5.41) is 13.1. The molecule has 0 bridgehead atoms. The number of H-pyrrole nitrogens is 1. The third kappa shape index (κ3) is 4.61. The van der Waals surface area contributed by atoms with Crippen molar-refractivity contribution >= 4 is 33.2 Å². The van der Waals surface area contributed by atoms with Crippen molar-refractivity contribution in [3.8, 4) is 11.1 Å². The van der Waals surface area contributed by atoms with E-state index >= 15 is 0 Å². The van der Waals surface area contributed by atoms with Crippen LogP contribution in [0.1, 0.15) is 19.7 Å². The summed E-state index contributed by atoms with van der Waals surface area (Å²) in [5.41, 5.74) is 1.43. The first-order chi connectivity index (χ1) is 13.4. The standard InChI is InChI=1S/C20H24ClN3O3S/c1-12(2)24(8-13(25)10-27-3)9-17-22-19(26)18-15(11-28-20(18)23-17)14-6-4-5-7-16(14)21/h4-7,11-13,25H,8-10H2,1-3H3,(H,22,23,26). The zero-order valence-electron chi connectivity index (χ0n) is 16.1. The Labute approximate surface area is 172 Å². The smallest absolute Gasteiger partial charge is 0.260 e. The van der Waals surface area contributed by atoms with E-state index in [0.717, 1.165) is 11.1 Å². The first kappa shape index (κ1) is 21.0. The molecule has 0 fully saturated rings. The topological polar surface area (TPSA) is 78.5 Å². The number of benzene rings is 1. The minimum absolute atomic E-state index is 0.175. The molecule has 2 aromatic heterocycles. The van der Waals surface area contributed by atoms with Crippen molar-refractivity contribution in [1.82, 2.24) is 14.9 Å². The number of thiophene rings is 1. The van der Waals surface area contributed by atoms with Crippen LogP contribution in [0.2, 0.25) is 5.02 Å². The molecule has 1 atom stereocenters. The summed E-state index contributed by atoms with van der Waals surface area (Å²) < 4.78 is 5.01. The van der Waals surface area contributed by atoms with E-state index in [1.165, 1.54) is 11.3 Å². The van der Waals surface area contributed by atoms with Crippen LogP contribution in [-0.4, -0.2) is 52.4 Å². The first-order valence-corrected chi connectivity index (χ1v) is 10.3. The summed E-state index contributed by atoms with van der Waals surface area (Å²) in [7, 11) is 1.56. The predicted octanol–water partition coefficient (Wildman–Crippen LogP) is 3.52. The molecule has 150 valence electrons. The third-order valence-electron chi connectivity index (χ3n) is 4.54. The van der Waals surface area contributed by atoms with Gasteiger partial charge in [0.2, 0.25) is 0 Å². The number of rotatable bonds is 8. The molecule has 28 heavy (non-hydrogen) atoms. The van der Waals surface area contributed by atoms with Crippen molar-refractivity contribution in [1.29, 1.82) is 0 Å². The van der Waals surface area contributed by atoms with Crippen LogP contribution in [0.3, 0.4) is 0 Å². The molecular weight excluding hydrogens is 398 g/mol. The van der Waals surface area contributed by atoms with E-state index in [2.05, 4.69) is 14.9 Å². The summed E-state index contributed by atoms with van der Waals surface area (Å²) in [6, 6.07) is 7.64. The van der Waals surface area contributed by atoms with Gasteiger partial charge in [0, 0.05) is 41.2 Å². The fraction of sp³-hybridized carbons (Fsp3) is 0.400. The Morgan fingerprint density at radius 1 is 1.32 bits per heavy atom.